The van der Waals surface area contributed by atoms with E-state index in [1.807, 2.05) is 25.1 Å². The van der Waals surface area contributed by atoms with Crippen LogP contribution in [0.15, 0.2) is 36.4 Å². The van der Waals surface area contributed by atoms with E-state index in [2.05, 4.69) is 11.4 Å². The Hall–Kier alpha value is -2.61. The third-order valence-corrected chi connectivity index (χ3v) is 4.35. The summed E-state index contributed by atoms with van der Waals surface area (Å²) in [5.41, 5.74) is 2.25. The van der Waals surface area contributed by atoms with Gasteiger partial charge in [-0.3, -0.25) is 0 Å². The maximum atomic E-state index is 14.1. The number of nitrogens with one attached hydrogen (secondary N) is 1. The lowest BCUT2D eigenvalue weighted by atomic mass is 10.0. The van der Waals surface area contributed by atoms with Crippen LogP contribution in [0, 0.1) is 29.9 Å². The summed E-state index contributed by atoms with van der Waals surface area (Å²) in [5, 5.41) is 12.3. The van der Waals surface area contributed by atoms with Crippen molar-refractivity contribution >= 4 is 11.4 Å². The smallest absolute Gasteiger partial charge is 0.150 e. The summed E-state index contributed by atoms with van der Waals surface area (Å²) in [6, 6.07) is 12.4. The van der Waals surface area contributed by atoms with E-state index in [4.69, 9.17) is 5.26 Å². The molecule has 0 saturated carbocycles. The lowest BCUT2D eigenvalue weighted by Crippen LogP contribution is -2.40. The van der Waals surface area contributed by atoms with Gasteiger partial charge in [0.1, 0.15) is 5.69 Å². The lowest BCUT2D eigenvalue weighted by Gasteiger charge is -2.34. The number of aryl methyl sites for hydroxylation is 1. The number of hydrogen-bond donors (Lipinski definition) is 1. The van der Waals surface area contributed by atoms with Crippen molar-refractivity contribution in [3.63, 3.8) is 0 Å². The van der Waals surface area contributed by atoms with Gasteiger partial charge in [-0.1, -0.05) is 12.1 Å². The Balaban J connectivity index is 1.66. The van der Waals surface area contributed by atoms with Crippen LogP contribution in [0.2, 0.25) is 0 Å². The van der Waals surface area contributed by atoms with Gasteiger partial charge in [-0.15, -0.1) is 0 Å². The van der Waals surface area contributed by atoms with Crippen molar-refractivity contribution in [3.8, 4) is 6.07 Å². The zero-order chi connectivity index (χ0) is 17.1. The zero-order valence-corrected chi connectivity index (χ0v) is 13.5. The van der Waals surface area contributed by atoms with Gasteiger partial charge in [-0.2, -0.15) is 5.26 Å². The van der Waals surface area contributed by atoms with Gasteiger partial charge in [0, 0.05) is 24.8 Å². The molecule has 1 fully saturated rings. The summed E-state index contributed by atoms with van der Waals surface area (Å²) in [7, 11) is 0. The second-order valence-electron chi connectivity index (χ2n) is 6.18. The molecule has 24 heavy (non-hydrogen) atoms. The molecule has 0 aromatic heterocycles. The fourth-order valence-corrected chi connectivity index (χ4v) is 3.15. The third-order valence-electron chi connectivity index (χ3n) is 4.35. The molecule has 0 spiro atoms. The minimum atomic E-state index is -0.670. The summed E-state index contributed by atoms with van der Waals surface area (Å²) in [5.74, 6) is -1.34. The third kappa shape index (κ3) is 3.48. The Morgan fingerprint density at radius 1 is 1.12 bits per heavy atom. The Bertz CT molecular complexity index is 751. The fourth-order valence-electron chi connectivity index (χ4n) is 3.15. The number of rotatable bonds is 3. The second kappa shape index (κ2) is 6.88. The molecular weight excluding hydrogens is 308 g/mol. The van der Waals surface area contributed by atoms with Crippen LogP contribution in [0.1, 0.15) is 24.0 Å². The van der Waals surface area contributed by atoms with Crippen molar-refractivity contribution in [2.75, 3.05) is 23.3 Å². The molecule has 0 bridgehead atoms. The first-order chi connectivity index (χ1) is 11.6. The standard InChI is InChI=1S/C19H19F2N3/c1-13-3-2-4-16(9-13)23-15-5-7-24(8-6-15)19-17(20)10-14(12-22)11-18(19)21/h2-4,9-11,15,23H,5-8H2,1H3. The molecule has 0 aliphatic carbocycles. The monoisotopic (exact) mass is 327 g/mol. The van der Waals surface area contributed by atoms with Crippen LogP contribution in [0.5, 0.6) is 0 Å². The van der Waals surface area contributed by atoms with Crippen molar-refractivity contribution in [2.45, 2.75) is 25.8 Å². The predicted molar refractivity (Wildman–Crippen MR) is 91.1 cm³/mol. The van der Waals surface area contributed by atoms with Crippen molar-refractivity contribution < 1.29 is 8.78 Å². The Morgan fingerprint density at radius 2 is 1.79 bits per heavy atom. The van der Waals surface area contributed by atoms with Gasteiger partial charge >= 0.3 is 0 Å². The molecule has 2 aromatic rings. The molecule has 124 valence electrons. The van der Waals surface area contributed by atoms with Crippen LogP contribution < -0.4 is 10.2 Å². The number of nitrogens with zero attached hydrogens (tertiary/aromatic N) is 2. The topological polar surface area (TPSA) is 39.1 Å². The molecular formula is C19H19F2N3. The largest absolute Gasteiger partial charge is 0.382 e. The maximum absolute atomic E-state index is 14.1. The summed E-state index contributed by atoms with van der Waals surface area (Å²) >= 11 is 0. The highest BCUT2D eigenvalue weighted by atomic mass is 19.1. The Labute approximate surface area is 140 Å². The average Bonchev–Trinajstić information content (AvgIpc) is 2.55. The summed E-state index contributed by atoms with van der Waals surface area (Å²) in [6.45, 7) is 3.19. The number of anilines is 2. The number of hydrogen-bond acceptors (Lipinski definition) is 3. The highest BCUT2D eigenvalue weighted by Gasteiger charge is 2.24. The van der Waals surface area contributed by atoms with E-state index in [-0.39, 0.29) is 17.3 Å². The normalized spacial score (nSPS) is 15.2. The molecule has 3 nitrogen and oxygen atoms in total. The second-order valence-corrected chi connectivity index (χ2v) is 6.18. The van der Waals surface area contributed by atoms with E-state index in [0.717, 1.165) is 30.7 Å². The average molecular weight is 327 g/mol. The summed E-state index contributed by atoms with van der Waals surface area (Å²) in [4.78, 5) is 1.72. The zero-order valence-electron chi connectivity index (χ0n) is 13.5. The van der Waals surface area contributed by atoms with Crippen LogP contribution in [0.25, 0.3) is 0 Å². The van der Waals surface area contributed by atoms with E-state index in [0.29, 0.717) is 13.1 Å². The highest BCUT2D eigenvalue weighted by molar-refractivity contribution is 5.53. The van der Waals surface area contributed by atoms with Gasteiger partial charge in [0.25, 0.3) is 0 Å². The molecule has 1 saturated heterocycles. The van der Waals surface area contributed by atoms with E-state index in [9.17, 15) is 8.78 Å². The molecule has 0 unspecified atom stereocenters. The van der Waals surface area contributed by atoms with Gasteiger partial charge in [-0.05, 0) is 49.6 Å². The molecule has 1 N–H and O–H groups in total. The molecule has 0 amide bonds. The SMILES string of the molecule is Cc1cccc(NC2CCN(c3c(F)cc(C#N)cc3F)CC2)c1. The quantitative estimate of drug-likeness (QED) is 0.917. The Kier molecular flexibility index (Phi) is 4.66. The predicted octanol–water partition coefficient (Wildman–Crippen LogP) is 4.23. The van der Waals surface area contributed by atoms with Crippen molar-refractivity contribution in [2.24, 2.45) is 0 Å². The highest BCUT2D eigenvalue weighted by Crippen LogP contribution is 2.28. The Morgan fingerprint density at radius 3 is 2.38 bits per heavy atom. The van der Waals surface area contributed by atoms with Gasteiger partial charge in [0.15, 0.2) is 11.6 Å². The molecule has 5 heteroatoms. The number of nitriles is 1. The number of halogens is 2. The molecule has 0 radical (unpaired) electrons. The van der Waals surface area contributed by atoms with Crippen LogP contribution in [-0.2, 0) is 0 Å². The maximum Gasteiger partial charge on any atom is 0.150 e. The van der Waals surface area contributed by atoms with E-state index >= 15 is 0 Å². The van der Waals surface area contributed by atoms with Crippen molar-refractivity contribution in [1.29, 1.82) is 5.26 Å². The first-order valence-corrected chi connectivity index (χ1v) is 8.04. The molecule has 1 heterocycles. The number of piperidine rings is 1. The minimum Gasteiger partial charge on any atom is -0.382 e. The van der Waals surface area contributed by atoms with E-state index in [1.54, 1.807) is 11.0 Å². The lowest BCUT2D eigenvalue weighted by molar-refractivity contribution is 0.502. The molecule has 1 aliphatic heterocycles. The van der Waals surface area contributed by atoms with Crippen LogP contribution in [-0.4, -0.2) is 19.1 Å². The number of benzene rings is 2. The van der Waals surface area contributed by atoms with Crippen LogP contribution in [0.4, 0.5) is 20.2 Å². The van der Waals surface area contributed by atoms with Crippen LogP contribution >= 0.6 is 0 Å². The van der Waals surface area contributed by atoms with Crippen molar-refractivity contribution in [1.82, 2.24) is 0 Å². The molecule has 1 aliphatic rings. The summed E-state index contributed by atoms with van der Waals surface area (Å²) in [6.07, 6.45) is 1.60. The fraction of sp³-hybridized carbons (Fsp3) is 0.316. The van der Waals surface area contributed by atoms with Gasteiger partial charge < -0.3 is 10.2 Å². The van der Waals surface area contributed by atoms with E-state index < -0.39 is 11.6 Å². The molecule has 0 atom stereocenters. The van der Waals surface area contributed by atoms with Crippen molar-refractivity contribution in [3.05, 3.63) is 59.2 Å². The van der Waals surface area contributed by atoms with Gasteiger partial charge in [0.05, 0.1) is 11.6 Å². The summed E-state index contributed by atoms with van der Waals surface area (Å²) < 4.78 is 28.2. The molecule has 2 aromatic carbocycles. The first kappa shape index (κ1) is 16.3. The minimum absolute atomic E-state index is 0.00440. The first-order valence-electron chi connectivity index (χ1n) is 8.04. The van der Waals surface area contributed by atoms with Crippen LogP contribution in [0.3, 0.4) is 0 Å². The molecule has 3 rings (SSSR count). The van der Waals surface area contributed by atoms with E-state index in [1.165, 1.54) is 5.56 Å². The van der Waals surface area contributed by atoms with Gasteiger partial charge in [-0.25, -0.2) is 8.78 Å². The van der Waals surface area contributed by atoms with Gasteiger partial charge in [0.2, 0.25) is 0 Å².